The first-order valence-corrected chi connectivity index (χ1v) is 7.04. The molecule has 0 spiro atoms. The van der Waals surface area contributed by atoms with Crippen molar-refractivity contribution >= 4 is 5.91 Å². The van der Waals surface area contributed by atoms with Gasteiger partial charge in [-0.3, -0.25) is 4.79 Å². The van der Waals surface area contributed by atoms with Gasteiger partial charge in [0.2, 0.25) is 5.91 Å². The maximum atomic E-state index is 12.1. The number of nitrogens with one attached hydrogen (secondary N) is 2. The summed E-state index contributed by atoms with van der Waals surface area (Å²) in [6.07, 6.45) is 7.53. The van der Waals surface area contributed by atoms with Crippen LogP contribution in [0.2, 0.25) is 0 Å². The minimum Gasteiger partial charge on any atom is -0.350 e. The number of amides is 1. The van der Waals surface area contributed by atoms with Crippen molar-refractivity contribution in [3.05, 3.63) is 0 Å². The summed E-state index contributed by atoms with van der Waals surface area (Å²) in [5.41, 5.74) is -0.123. The highest BCUT2D eigenvalue weighted by Crippen LogP contribution is 2.32. The number of hydrogen-bond acceptors (Lipinski definition) is 2. The van der Waals surface area contributed by atoms with Crippen molar-refractivity contribution in [3.63, 3.8) is 0 Å². The van der Waals surface area contributed by atoms with E-state index in [1.54, 1.807) is 0 Å². The number of carbonyl (C=O) groups is 1. The van der Waals surface area contributed by atoms with Crippen molar-refractivity contribution in [1.82, 2.24) is 10.6 Å². The summed E-state index contributed by atoms with van der Waals surface area (Å²) >= 11 is 0. The van der Waals surface area contributed by atoms with E-state index in [0.29, 0.717) is 6.04 Å². The molecule has 1 aliphatic carbocycles. The molecule has 0 aromatic rings. The van der Waals surface area contributed by atoms with Crippen LogP contribution in [0.25, 0.3) is 0 Å². The Morgan fingerprint density at radius 2 is 1.82 bits per heavy atom. The van der Waals surface area contributed by atoms with E-state index in [1.807, 2.05) is 20.8 Å². The molecule has 98 valence electrons. The first kappa shape index (κ1) is 12.9. The second-order valence-corrected chi connectivity index (χ2v) is 6.69. The van der Waals surface area contributed by atoms with Crippen molar-refractivity contribution in [2.75, 3.05) is 0 Å². The van der Waals surface area contributed by atoms with E-state index in [9.17, 15) is 4.79 Å². The molecule has 1 amide bonds. The van der Waals surface area contributed by atoms with Gasteiger partial charge in [0.1, 0.15) is 0 Å². The minimum absolute atomic E-state index is 0.0357. The van der Waals surface area contributed by atoms with E-state index in [1.165, 1.54) is 32.1 Å². The Labute approximate surface area is 105 Å². The molecule has 0 aromatic heterocycles. The van der Waals surface area contributed by atoms with Gasteiger partial charge in [0.25, 0.3) is 0 Å². The Kier molecular flexibility index (Phi) is 3.76. The van der Waals surface area contributed by atoms with Crippen LogP contribution in [0.4, 0.5) is 0 Å². The average Bonchev–Trinajstić information content (AvgIpc) is 2.26. The van der Waals surface area contributed by atoms with Gasteiger partial charge in [-0.1, -0.05) is 12.8 Å². The highest BCUT2D eigenvalue weighted by atomic mass is 16.2. The number of hydrogen-bond donors (Lipinski definition) is 2. The summed E-state index contributed by atoms with van der Waals surface area (Å²) in [4.78, 5) is 12.1. The molecule has 2 N–H and O–H groups in total. The quantitative estimate of drug-likeness (QED) is 0.735. The van der Waals surface area contributed by atoms with Crippen molar-refractivity contribution < 1.29 is 4.79 Å². The van der Waals surface area contributed by atoms with Crippen LogP contribution in [0.15, 0.2) is 0 Å². The topological polar surface area (TPSA) is 41.1 Å². The molecule has 17 heavy (non-hydrogen) atoms. The fourth-order valence-electron chi connectivity index (χ4n) is 3.16. The summed E-state index contributed by atoms with van der Waals surface area (Å²) in [7, 11) is 0. The molecule has 3 atom stereocenters. The Balaban J connectivity index is 1.89. The fourth-order valence-corrected chi connectivity index (χ4v) is 3.16. The third-order valence-electron chi connectivity index (χ3n) is 3.97. The lowest BCUT2D eigenvalue weighted by atomic mass is 9.77. The smallest absolute Gasteiger partial charge is 0.237 e. The summed E-state index contributed by atoms with van der Waals surface area (Å²) in [6.45, 7) is 6.12. The van der Waals surface area contributed by atoms with Crippen LogP contribution in [0.5, 0.6) is 0 Å². The Morgan fingerprint density at radius 1 is 1.12 bits per heavy atom. The van der Waals surface area contributed by atoms with Gasteiger partial charge in [0.15, 0.2) is 0 Å². The Bertz CT molecular complexity index is 282. The fraction of sp³-hybridized carbons (Fsp3) is 0.929. The predicted octanol–water partition coefficient (Wildman–Crippen LogP) is 2.21. The number of rotatable bonds is 1. The minimum atomic E-state index is -0.123. The molecule has 3 nitrogen and oxygen atoms in total. The van der Waals surface area contributed by atoms with Gasteiger partial charge in [0.05, 0.1) is 6.04 Å². The zero-order valence-electron chi connectivity index (χ0n) is 11.4. The molecular weight excluding hydrogens is 212 g/mol. The van der Waals surface area contributed by atoms with Gasteiger partial charge in [-0.15, -0.1) is 0 Å². The molecule has 2 rings (SSSR count). The largest absolute Gasteiger partial charge is 0.350 e. The lowest BCUT2D eigenvalue weighted by molar-refractivity contribution is -0.125. The van der Waals surface area contributed by atoms with Gasteiger partial charge in [-0.25, -0.2) is 0 Å². The van der Waals surface area contributed by atoms with Crippen molar-refractivity contribution in [1.29, 1.82) is 0 Å². The molecule has 1 aliphatic heterocycles. The molecule has 0 aromatic carbocycles. The van der Waals surface area contributed by atoms with Gasteiger partial charge < -0.3 is 10.6 Å². The maximum Gasteiger partial charge on any atom is 0.237 e. The first-order chi connectivity index (χ1) is 7.96. The van der Waals surface area contributed by atoms with Crippen molar-refractivity contribution in [3.8, 4) is 0 Å². The number of fused-ring (bicyclic) bond motifs is 1. The van der Waals surface area contributed by atoms with Crippen LogP contribution in [0.3, 0.4) is 0 Å². The van der Waals surface area contributed by atoms with Crippen LogP contribution >= 0.6 is 0 Å². The molecule has 0 bridgehead atoms. The maximum absolute atomic E-state index is 12.1. The van der Waals surface area contributed by atoms with E-state index in [4.69, 9.17) is 0 Å². The average molecular weight is 238 g/mol. The zero-order valence-corrected chi connectivity index (χ0v) is 11.4. The van der Waals surface area contributed by atoms with E-state index in [-0.39, 0.29) is 17.5 Å². The number of piperidine rings is 1. The van der Waals surface area contributed by atoms with Crippen LogP contribution in [-0.2, 0) is 4.79 Å². The predicted molar refractivity (Wildman–Crippen MR) is 69.8 cm³/mol. The molecule has 1 saturated heterocycles. The SMILES string of the molecule is CC(C)(C)NC(=O)[C@H]1CC[C@@H]2CCCC[C@@H]2N1. The monoisotopic (exact) mass is 238 g/mol. The highest BCUT2D eigenvalue weighted by Gasteiger charge is 2.35. The van der Waals surface area contributed by atoms with Gasteiger partial charge >= 0.3 is 0 Å². The second kappa shape index (κ2) is 4.97. The lowest BCUT2D eigenvalue weighted by Gasteiger charge is -2.40. The van der Waals surface area contributed by atoms with Crippen molar-refractivity contribution in [2.45, 2.75) is 76.9 Å². The van der Waals surface area contributed by atoms with Crippen molar-refractivity contribution in [2.24, 2.45) is 5.92 Å². The van der Waals surface area contributed by atoms with Crippen LogP contribution in [0.1, 0.15) is 59.3 Å². The summed E-state index contributed by atoms with van der Waals surface area (Å²) in [5, 5.41) is 6.65. The van der Waals surface area contributed by atoms with E-state index >= 15 is 0 Å². The van der Waals surface area contributed by atoms with Crippen LogP contribution in [0, 0.1) is 5.92 Å². The molecule has 3 heteroatoms. The standard InChI is InChI=1S/C14H26N2O/c1-14(2,3)16-13(17)12-9-8-10-6-4-5-7-11(10)15-12/h10-12,15H,4-9H2,1-3H3,(H,16,17)/t10-,11-,12+/m0/s1. The lowest BCUT2D eigenvalue weighted by Crippen LogP contribution is -2.57. The van der Waals surface area contributed by atoms with E-state index in [2.05, 4.69) is 10.6 Å². The Hall–Kier alpha value is -0.570. The molecule has 2 fully saturated rings. The zero-order chi connectivity index (χ0) is 12.5. The summed E-state index contributed by atoms with van der Waals surface area (Å²) in [5.74, 6) is 1.00. The highest BCUT2D eigenvalue weighted by molar-refractivity contribution is 5.82. The molecule has 0 unspecified atom stereocenters. The molecule has 0 radical (unpaired) electrons. The van der Waals surface area contributed by atoms with Gasteiger partial charge in [-0.05, 0) is 52.4 Å². The third-order valence-corrected chi connectivity index (χ3v) is 3.97. The Morgan fingerprint density at radius 3 is 2.53 bits per heavy atom. The summed E-state index contributed by atoms with van der Waals surface area (Å²) in [6, 6.07) is 0.627. The molecular formula is C14H26N2O. The van der Waals surface area contributed by atoms with Gasteiger partial charge in [-0.2, -0.15) is 0 Å². The normalized spacial score (nSPS) is 33.9. The molecule has 1 saturated carbocycles. The second-order valence-electron chi connectivity index (χ2n) is 6.69. The van der Waals surface area contributed by atoms with Crippen LogP contribution < -0.4 is 10.6 Å². The molecule has 1 heterocycles. The van der Waals surface area contributed by atoms with Crippen LogP contribution in [-0.4, -0.2) is 23.5 Å². The van der Waals surface area contributed by atoms with E-state index < -0.39 is 0 Å². The summed E-state index contributed by atoms with van der Waals surface area (Å²) < 4.78 is 0. The van der Waals surface area contributed by atoms with E-state index in [0.717, 1.165) is 12.3 Å². The first-order valence-electron chi connectivity index (χ1n) is 7.04. The third kappa shape index (κ3) is 3.44. The van der Waals surface area contributed by atoms with Gasteiger partial charge in [0, 0.05) is 11.6 Å². The molecule has 2 aliphatic rings. The number of carbonyl (C=O) groups excluding carboxylic acids is 1.